The average molecular weight is 306 g/mol. The number of nitrogens with one attached hydrogen (secondary N) is 1. The molecule has 0 radical (unpaired) electrons. The highest BCUT2D eigenvalue weighted by atomic mass is 31.1. The van der Waals surface area contributed by atoms with Crippen molar-refractivity contribution in [1.29, 1.82) is 0 Å². The summed E-state index contributed by atoms with van der Waals surface area (Å²) >= 11 is 0. The lowest BCUT2D eigenvalue weighted by Crippen LogP contribution is -2.42. The summed E-state index contributed by atoms with van der Waals surface area (Å²) in [6.07, 6.45) is 4.74. The number of rotatable bonds is 7. The number of hydrogen-bond acceptors (Lipinski definition) is 4. The maximum Gasteiger partial charge on any atom is 0.236 e. The van der Waals surface area contributed by atoms with Gasteiger partial charge in [0.25, 0.3) is 0 Å². The minimum atomic E-state index is -2.67. The Bertz CT molecular complexity index is 332. The smallest absolute Gasteiger partial charge is 0.236 e. The standard InChI is InChI=1S/C13H27N2O4P/c1-9(14)13(17)15-8-11(16)7-12(20(18)19)10-5-3-2-4-6-10/h9-12,16,20H,2-8,14H2,1H3,(H,15,17)(H,18,19)/t9-,11+,12?/m0/s1. The highest BCUT2D eigenvalue weighted by molar-refractivity contribution is 7.38. The highest BCUT2D eigenvalue weighted by Crippen LogP contribution is 2.40. The van der Waals surface area contributed by atoms with Crippen molar-refractivity contribution in [3.05, 3.63) is 0 Å². The van der Waals surface area contributed by atoms with Crippen LogP contribution in [0.15, 0.2) is 0 Å². The first-order valence-corrected chi connectivity index (χ1v) is 8.79. The molecule has 5 N–H and O–H groups in total. The second kappa shape index (κ2) is 8.78. The number of carbonyl (C=O) groups is 1. The Morgan fingerprint density at radius 3 is 2.50 bits per heavy atom. The first-order chi connectivity index (χ1) is 9.41. The number of nitrogens with two attached hydrogens (primary N) is 1. The van der Waals surface area contributed by atoms with Gasteiger partial charge in [0.2, 0.25) is 5.91 Å². The molecule has 4 atom stereocenters. The van der Waals surface area contributed by atoms with E-state index in [1.807, 2.05) is 0 Å². The van der Waals surface area contributed by atoms with Crippen LogP contribution in [-0.4, -0.2) is 40.3 Å². The van der Waals surface area contributed by atoms with Crippen molar-refractivity contribution in [3.63, 3.8) is 0 Å². The molecule has 0 aromatic rings. The predicted molar refractivity (Wildman–Crippen MR) is 78.9 cm³/mol. The molecule has 7 heteroatoms. The van der Waals surface area contributed by atoms with Gasteiger partial charge in [-0.1, -0.05) is 19.3 Å². The molecule has 0 aromatic carbocycles. The van der Waals surface area contributed by atoms with Crippen LogP contribution in [0.5, 0.6) is 0 Å². The van der Waals surface area contributed by atoms with E-state index in [1.54, 1.807) is 6.92 Å². The van der Waals surface area contributed by atoms with Crippen molar-refractivity contribution in [1.82, 2.24) is 5.32 Å². The van der Waals surface area contributed by atoms with E-state index in [-0.39, 0.29) is 30.4 Å². The first kappa shape index (κ1) is 17.6. The lowest BCUT2D eigenvalue weighted by Gasteiger charge is -2.29. The summed E-state index contributed by atoms with van der Waals surface area (Å²) in [6, 6.07) is -0.617. The predicted octanol–water partition coefficient (Wildman–Crippen LogP) is 0.617. The molecule has 1 aliphatic rings. The van der Waals surface area contributed by atoms with Crippen molar-refractivity contribution in [2.24, 2.45) is 11.7 Å². The van der Waals surface area contributed by atoms with Gasteiger partial charge in [-0.05, 0) is 32.1 Å². The Kier molecular flexibility index (Phi) is 7.74. The molecule has 0 bridgehead atoms. The SMILES string of the molecule is C[C@H](N)C(=O)NC[C@H](O)CC(C1CCCCC1)[PH](=O)O. The molecule has 1 amide bonds. The zero-order valence-corrected chi connectivity index (χ0v) is 13.0. The third-order valence-electron chi connectivity index (χ3n) is 3.99. The van der Waals surface area contributed by atoms with Crippen molar-refractivity contribution >= 4 is 13.9 Å². The molecule has 1 fully saturated rings. The molecule has 0 heterocycles. The lowest BCUT2D eigenvalue weighted by molar-refractivity contribution is -0.122. The highest BCUT2D eigenvalue weighted by Gasteiger charge is 2.29. The van der Waals surface area contributed by atoms with Gasteiger partial charge in [-0.3, -0.25) is 9.36 Å². The Labute approximate surface area is 121 Å². The molecule has 1 aliphatic carbocycles. The number of aliphatic hydroxyl groups excluding tert-OH is 1. The quantitative estimate of drug-likeness (QED) is 0.515. The zero-order chi connectivity index (χ0) is 15.1. The maximum atomic E-state index is 11.5. The topological polar surface area (TPSA) is 113 Å². The average Bonchev–Trinajstić information content (AvgIpc) is 2.42. The number of aliphatic hydroxyl groups is 1. The molecule has 6 nitrogen and oxygen atoms in total. The van der Waals surface area contributed by atoms with Crippen LogP contribution in [0.1, 0.15) is 45.4 Å². The molecule has 1 rings (SSSR count). The maximum absolute atomic E-state index is 11.5. The Hall–Kier alpha value is -0.420. The molecule has 0 saturated heterocycles. The summed E-state index contributed by atoms with van der Waals surface area (Å²) in [4.78, 5) is 20.8. The number of carbonyl (C=O) groups excluding carboxylic acids is 1. The second-order valence-corrected chi connectivity index (χ2v) is 7.18. The lowest BCUT2D eigenvalue weighted by atomic mass is 9.85. The number of amides is 1. The van der Waals surface area contributed by atoms with Gasteiger partial charge >= 0.3 is 0 Å². The fourth-order valence-corrected chi connectivity index (χ4v) is 4.00. The fourth-order valence-electron chi connectivity index (χ4n) is 2.79. The van der Waals surface area contributed by atoms with E-state index in [4.69, 9.17) is 5.73 Å². The Balaban J connectivity index is 2.44. The largest absolute Gasteiger partial charge is 0.391 e. The molecule has 0 aromatic heterocycles. The minimum Gasteiger partial charge on any atom is -0.391 e. The van der Waals surface area contributed by atoms with Crippen LogP contribution in [0, 0.1) is 5.92 Å². The summed E-state index contributed by atoms with van der Waals surface area (Å²) in [7, 11) is -2.67. The molecule has 118 valence electrons. The monoisotopic (exact) mass is 306 g/mol. The first-order valence-electron chi connectivity index (χ1n) is 7.36. The van der Waals surface area contributed by atoms with Gasteiger partial charge in [-0.25, -0.2) is 0 Å². The summed E-state index contributed by atoms with van der Waals surface area (Å²) in [5, 5.41) is 12.5. The zero-order valence-electron chi connectivity index (χ0n) is 12.0. The Morgan fingerprint density at radius 2 is 2.00 bits per heavy atom. The van der Waals surface area contributed by atoms with E-state index in [1.165, 1.54) is 6.42 Å². The third-order valence-corrected chi connectivity index (χ3v) is 5.33. The summed E-state index contributed by atoms with van der Waals surface area (Å²) in [6.45, 7) is 1.65. The van der Waals surface area contributed by atoms with Crippen molar-refractivity contribution < 1.29 is 19.4 Å². The fraction of sp³-hybridized carbons (Fsp3) is 0.923. The van der Waals surface area contributed by atoms with E-state index in [2.05, 4.69) is 5.32 Å². The molecule has 20 heavy (non-hydrogen) atoms. The van der Waals surface area contributed by atoms with Crippen LogP contribution in [-0.2, 0) is 9.36 Å². The van der Waals surface area contributed by atoms with Crippen LogP contribution in [0.2, 0.25) is 0 Å². The van der Waals surface area contributed by atoms with Crippen molar-refractivity contribution in [3.8, 4) is 0 Å². The van der Waals surface area contributed by atoms with E-state index < -0.39 is 20.2 Å². The normalized spacial score (nSPS) is 22.8. The van der Waals surface area contributed by atoms with Crippen LogP contribution in [0.25, 0.3) is 0 Å². The van der Waals surface area contributed by atoms with E-state index in [0.717, 1.165) is 25.7 Å². The van der Waals surface area contributed by atoms with Gasteiger partial charge < -0.3 is 21.1 Å². The van der Waals surface area contributed by atoms with Gasteiger partial charge in [-0.2, -0.15) is 0 Å². The summed E-state index contributed by atoms with van der Waals surface area (Å²) < 4.78 is 11.5. The third kappa shape index (κ3) is 5.92. The number of hydrogen-bond donors (Lipinski definition) is 4. The van der Waals surface area contributed by atoms with Gasteiger partial charge in [0.15, 0.2) is 8.03 Å². The van der Waals surface area contributed by atoms with Crippen LogP contribution in [0.4, 0.5) is 0 Å². The van der Waals surface area contributed by atoms with Gasteiger partial charge in [0, 0.05) is 12.2 Å². The Morgan fingerprint density at radius 1 is 1.40 bits per heavy atom. The van der Waals surface area contributed by atoms with E-state index in [9.17, 15) is 19.4 Å². The van der Waals surface area contributed by atoms with E-state index >= 15 is 0 Å². The van der Waals surface area contributed by atoms with Crippen LogP contribution < -0.4 is 11.1 Å². The van der Waals surface area contributed by atoms with Crippen molar-refractivity contribution in [2.75, 3.05) is 6.54 Å². The van der Waals surface area contributed by atoms with E-state index in [0.29, 0.717) is 0 Å². The molecule has 0 spiro atoms. The van der Waals surface area contributed by atoms with Crippen LogP contribution in [0.3, 0.4) is 0 Å². The molecular formula is C13H27N2O4P. The minimum absolute atomic E-state index is 0.0821. The second-order valence-electron chi connectivity index (χ2n) is 5.77. The van der Waals surface area contributed by atoms with Crippen molar-refractivity contribution in [2.45, 2.75) is 63.3 Å². The van der Waals surface area contributed by atoms with Gasteiger partial charge in [-0.15, -0.1) is 0 Å². The van der Waals surface area contributed by atoms with Crippen LogP contribution >= 0.6 is 8.03 Å². The molecular weight excluding hydrogens is 279 g/mol. The van der Waals surface area contributed by atoms with Gasteiger partial charge in [0.05, 0.1) is 12.1 Å². The summed E-state index contributed by atoms with van der Waals surface area (Å²) in [5.74, 6) is -0.103. The molecule has 0 aliphatic heterocycles. The summed E-state index contributed by atoms with van der Waals surface area (Å²) in [5.41, 5.74) is 5.06. The van der Waals surface area contributed by atoms with Gasteiger partial charge in [0.1, 0.15) is 0 Å². The molecule has 2 unspecified atom stereocenters. The molecule has 1 saturated carbocycles.